The van der Waals surface area contributed by atoms with E-state index in [9.17, 15) is 9.59 Å². The van der Waals surface area contributed by atoms with Crippen LogP contribution in [0.4, 0.5) is 0 Å². The number of nitrogens with one attached hydrogen (secondary N) is 2. The number of rotatable bonds is 7. The fourth-order valence-corrected chi connectivity index (χ4v) is 1.45. The summed E-state index contributed by atoms with van der Waals surface area (Å²) >= 11 is 0. The minimum Gasteiger partial charge on any atom is -0.481 e. The zero-order valence-electron chi connectivity index (χ0n) is 11.4. The van der Waals surface area contributed by atoms with Crippen LogP contribution in [0.3, 0.4) is 0 Å². The minimum absolute atomic E-state index is 0.101. The van der Waals surface area contributed by atoms with E-state index in [1.807, 2.05) is 20.8 Å². The predicted molar refractivity (Wildman–Crippen MR) is 68.8 cm³/mol. The van der Waals surface area contributed by atoms with Gasteiger partial charge in [-0.25, -0.2) is 4.98 Å². The van der Waals surface area contributed by atoms with E-state index in [0.29, 0.717) is 18.8 Å². The van der Waals surface area contributed by atoms with Crippen molar-refractivity contribution in [2.24, 2.45) is 5.92 Å². The summed E-state index contributed by atoms with van der Waals surface area (Å²) in [7, 11) is 0. The van der Waals surface area contributed by atoms with Crippen molar-refractivity contribution < 1.29 is 14.7 Å². The zero-order valence-corrected chi connectivity index (χ0v) is 11.4. The van der Waals surface area contributed by atoms with E-state index in [4.69, 9.17) is 5.11 Å². The Hall–Kier alpha value is -1.92. The van der Waals surface area contributed by atoms with Gasteiger partial charge in [0.1, 0.15) is 5.82 Å². The van der Waals surface area contributed by atoms with Gasteiger partial charge in [0, 0.05) is 18.9 Å². The number of nitrogens with zero attached hydrogens (tertiary/aromatic N) is 2. The molecule has 0 aliphatic carbocycles. The second kappa shape index (κ2) is 6.86. The lowest BCUT2D eigenvalue weighted by Crippen LogP contribution is -2.29. The van der Waals surface area contributed by atoms with Crippen LogP contribution in [0.1, 0.15) is 56.0 Å². The van der Waals surface area contributed by atoms with Gasteiger partial charge >= 0.3 is 5.97 Å². The van der Waals surface area contributed by atoms with Gasteiger partial charge < -0.3 is 10.4 Å². The highest BCUT2D eigenvalue weighted by atomic mass is 16.4. The number of H-pyrrole nitrogens is 1. The molecule has 1 aromatic rings. The zero-order chi connectivity index (χ0) is 14.4. The molecular weight excluding hydrogens is 248 g/mol. The molecule has 0 saturated heterocycles. The SMILES string of the molecule is CC(CCC(=O)O)CNC(=O)c1n[nH]c(C(C)C)n1. The second-order valence-corrected chi connectivity index (χ2v) is 4.95. The van der Waals surface area contributed by atoms with E-state index in [2.05, 4.69) is 20.5 Å². The van der Waals surface area contributed by atoms with Crippen LogP contribution in [0.15, 0.2) is 0 Å². The number of amides is 1. The smallest absolute Gasteiger partial charge is 0.303 e. The van der Waals surface area contributed by atoms with Crippen molar-refractivity contribution in [3.05, 3.63) is 11.6 Å². The van der Waals surface area contributed by atoms with Crippen LogP contribution in [-0.4, -0.2) is 38.7 Å². The Kier molecular flexibility index (Phi) is 5.47. The third kappa shape index (κ3) is 5.07. The molecule has 0 aliphatic rings. The number of aromatic nitrogens is 3. The molecule has 0 radical (unpaired) electrons. The molecule has 1 atom stereocenters. The molecule has 19 heavy (non-hydrogen) atoms. The lowest BCUT2D eigenvalue weighted by molar-refractivity contribution is -0.137. The number of hydrogen-bond acceptors (Lipinski definition) is 4. The molecule has 1 aromatic heterocycles. The number of hydrogen-bond donors (Lipinski definition) is 3. The van der Waals surface area contributed by atoms with Gasteiger partial charge in [0.15, 0.2) is 0 Å². The summed E-state index contributed by atoms with van der Waals surface area (Å²) in [6.45, 7) is 6.21. The molecule has 0 bridgehead atoms. The van der Waals surface area contributed by atoms with Crippen LogP contribution in [-0.2, 0) is 4.79 Å². The maximum Gasteiger partial charge on any atom is 0.303 e. The topological polar surface area (TPSA) is 108 Å². The highest BCUT2D eigenvalue weighted by Crippen LogP contribution is 2.08. The number of carbonyl (C=O) groups is 2. The maximum absolute atomic E-state index is 11.8. The Morgan fingerprint density at radius 2 is 2.05 bits per heavy atom. The van der Waals surface area contributed by atoms with Gasteiger partial charge in [-0.3, -0.25) is 14.7 Å². The van der Waals surface area contributed by atoms with Crippen LogP contribution in [0.2, 0.25) is 0 Å². The summed E-state index contributed by atoms with van der Waals surface area (Å²) in [5.41, 5.74) is 0. The lowest BCUT2D eigenvalue weighted by atomic mass is 10.1. The Morgan fingerprint density at radius 3 is 2.58 bits per heavy atom. The molecule has 0 fully saturated rings. The van der Waals surface area contributed by atoms with Gasteiger partial charge in [0.25, 0.3) is 5.91 Å². The number of carbonyl (C=O) groups excluding carboxylic acids is 1. The Morgan fingerprint density at radius 1 is 1.37 bits per heavy atom. The fourth-order valence-electron chi connectivity index (χ4n) is 1.45. The van der Waals surface area contributed by atoms with Crippen LogP contribution < -0.4 is 5.32 Å². The first-order valence-corrected chi connectivity index (χ1v) is 6.32. The van der Waals surface area contributed by atoms with Crippen molar-refractivity contribution in [1.82, 2.24) is 20.5 Å². The molecule has 106 valence electrons. The van der Waals surface area contributed by atoms with Gasteiger partial charge in [-0.2, -0.15) is 0 Å². The number of carboxylic acid groups (broad SMARTS) is 1. The molecule has 1 heterocycles. The van der Waals surface area contributed by atoms with Crippen LogP contribution in [0.5, 0.6) is 0 Å². The molecule has 0 saturated carbocycles. The average molecular weight is 268 g/mol. The molecule has 0 aromatic carbocycles. The summed E-state index contributed by atoms with van der Waals surface area (Å²) in [4.78, 5) is 26.3. The summed E-state index contributed by atoms with van der Waals surface area (Å²) in [5, 5.41) is 17.8. The highest BCUT2D eigenvalue weighted by molar-refractivity contribution is 5.90. The van der Waals surface area contributed by atoms with Crippen molar-refractivity contribution >= 4 is 11.9 Å². The first-order valence-electron chi connectivity index (χ1n) is 6.32. The predicted octanol–water partition coefficient (Wildman–Crippen LogP) is 1.16. The van der Waals surface area contributed by atoms with Crippen LogP contribution >= 0.6 is 0 Å². The van der Waals surface area contributed by atoms with E-state index in [0.717, 1.165) is 0 Å². The summed E-state index contributed by atoms with van der Waals surface area (Å²) in [6, 6.07) is 0. The van der Waals surface area contributed by atoms with E-state index < -0.39 is 5.97 Å². The Balaban J connectivity index is 2.40. The van der Waals surface area contributed by atoms with E-state index in [1.165, 1.54) is 0 Å². The average Bonchev–Trinajstić information content (AvgIpc) is 2.83. The minimum atomic E-state index is -0.825. The van der Waals surface area contributed by atoms with Crippen molar-refractivity contribution in [2.45, 2.75) is 39.5 Å². The van der Waals surface area contributed by atoms with Crippen molar-refractivity contribution in [3.8, 4) is 0 Å². The summed E-state index contributed by atoms with van der Waals surface area (Å²) in [5.74, 6) is -0.0932. The van der Waals surface area contributed by atoms with Crippen molar-refractivity contribution in [3.63, 3.8) is 0 Å². The summed E-state index contributed by atoms with van der Waals surface area (Å²) in [6.07, 6.45) is 0.635. The molecular formula is C12H20N4O3. The van der Waals surface area contributed by atoms with Gasteiger partial charge in [0.2, 0.25) is 5.82 Å². The molecule has 1 unspecified atom stereocenters. The van der Waals surface area contributed by atoms with Gasteiger partial charge in [0.05, 0.1) is 0 Å². The Bertz CT molecular complexity index is 442. The largest absolute Gasteiger partial charge is 0.481 e. The van der Waals surface area contributed by atoms with Crippen molar-refractivity contribution in [2.75, 3.05) is 6.54 Å². The van der Waals surface area contributed by atoms with Gasteiger partial charge in [-0.15, -0.1) is 5.10 Å². The van der Waals surface area contributed by atoms with Crippen molar-refractivity contribution in [1.29, 1.82) is 0 Å². The maximum atomic E-state index is 11.8. The van der Waals surface area contributed by atoms with E-state index >= 15 is 0 Å². The van der Waals surface area contributed by atoms with Gasteiger partial charge in [-0.05, 0) is 12.3 Å². The summed E-state index contributed by atoms with van der Waals surface area (Å²) < 4.78 is 0. The molecule has 1 amide bonds. The third-order valence-corrected chi connectivity index (χ3v) is 2.71. The normalized spacial score (nSPS) is 12.4. The molecule has 3 N–H and O–H groups in total. The first kappa shape index (κ1) is 15.1. The standard InChI is InChI=1S/C12H20N4O3/c1-7(2)10-14-11(16-15-10)12(19)13-6-8(3)4-5-9(17)18/h7-8H,4-6H2,1-3H3,(H,13,19)(H,17,18)(H,14,15,16). The highest BCUT2D eigenvalue weighted by Gasteiger charge is 2.15. The second-order valence-electron chi connectivity index (χ2n) is 4.95. The van der Waals surface area contributed by atoms with E-state index in [1.54, 1.807) is 0 Å². The number of aromatic amines is 1. The number of aliphatic carboxylic acids is 1. The first-order chi connectivity index (χ1) is 8.90. The lowest BCUT2D eigenvalue weighted by Gasteiger charge is -2.09. The molecule has 7 heteroatoms. The van der Waals surface area contributed by atoms with Crippen LogP contribution in [0, 0.1) is 5.92 Å². The third-order valence-electron chi connectivity index (χ3n) is 2.71. The molecule has 0 spiro atoms. The number of carboxylic acids is 1. The Labute approximate surface area is 111 Å². The van der Waals surface area contributed by atoms with Gasteiger partial charge in [-0.1, -0.05) is 20.8 Å². The fraction of sp³-hybridized carbons (Fsp3) is 0.667. The van der Waals surface area contributed by atoms with Crippen LogP contribution in [0.25, 0.3) is 0 Å². The molecule has 1 rings (SSSR count). The molecule has 7 nitrogen and oxygen atoms in total. The quantitative estimate of drug-likeness (QED) is 0.687. The molecule has 0 aliphatic heterocycles. The van der Waals surface area contributed by atoms with E-state index in [-0.39, 0.29) is 30.0 Å². The monoisotopic (exact) mass is 268 g/mol.